The van der Waals surface area contributed by atoms with Gasteiger partial charge < -0.3 is 23.7 Å². The van der Waals surface area contributed by atoms with Gasteiger partial charge in [0.25, 0.3) is 0 Å². The van der Waals surface area contributed by atoms with Gasteiger partial charge in [-0.1, -0.05) is 20.3 Å². The smallest absolute Gasteiger partial charge is 0.343 e. The molecule has 0 unspecified atom stereocenters. The van der Waals surface area contributed by atoms with Crippen LogP contribution in [0.5, 0.6) is 23.0 Å². The summed E-state index contributed by atoms with van der Waals surface area (Å²) in [7, 11) is 0. The van der Waals surface area contributed by atoms with E-state index in [0.717, 1.165) is 25.0 Å². The normalized spacial score (nSPS) is 13.8. The van der Waals surface area contributed by atoms with Crippen LogP contribution in [0, 0.1) is 5.41 Å². The highest BCUT2D eigenvalue weighted by Crippen LogP contribution is 2.32. The van der Waals surface area contributed by atoms with E-state index in [2.05, 4.69) is 13.8 Å². The predicted octanol–water partition coefficient (Wildman–Crippen LogP) is 6.11. The van der Waals surface area contributed by atoms with Crippen molar-refractivity contribution in [3.8, 4) is 23.0 Å². The summed E-state index contributed by atoms with van der Waals surface area (Å²) in [6.07, 6.45) is 3.04. The van der Waals surface area contributed by atoms with E-state index in [1.807, 2.05) is 0 Å². The number of carbonyl (C=O) groups excluding carboxylic acids is 2. The van der Waals surface area contributed by atoms with Crippen LogP contribution >= 0.6 is 0 Å². The van der Waals surface area contributed by atoms with Gasteiger partial charge in [-0.25, -0.2) is 9.59 Å². The molecule has 7 nitrogen and oxygen atoms in total. The summed E-state index contributed by atoms with van der Waals surface area (Å²) in [6.45, 7) is 6.90. The molecule has 1 aliphatic heterocycles. The highest BCUT2D eigenvalue weighted by molar-refractivity contribution is 5.92. The molecule has 1 saturated heterocycles. The second-order valence-corrected chi connectivity index (χ2v) is 9.14. The molecule has 1 heterocycles. The number of rotatable bonds is 12. The number of carbonyl (C=O) groups is 2. The van der Waals surface area contributed by atoms with Crippen molar-refractivity contribution >= 4 is 11.9 Å². The van der Waals surface area contributed by atoms with Gasteiger partial charge in [0.05, 0.1) is 43.0 Å². The van der Waals surface area contributed by atoms with Crippen LogP contribution in [0.2, 0.25) is 0 Å². The van der Waals surface area contributed by atoms with Crippen molar-refractivity contribution in [2.24, 2.45) is 5.41 Å². The first-order valence-corrected chi connectivity index (χ1v) is 12.6. The lowest BCUT2D eigenvalue weighted by Gasteiger charge is -2.40. The van der Waals surface area contributed by atoms with E-state index in [1.54, 1.807) is 72.8 Å². The quantitative estimate of drug-likeness (QED) is 0.167. The SMILES string of the molecule is CCCCOc1ccc(OC(=O)c2ccc(OC(=O)c3ccc(OCC4(CC)COC4)cc3)cc2)cc1. The third kappa shape index (κ3) is 7.11. The Balaban J connectivity index is 1.26. The lowest BCUT2D eigenvalue weighted by molar-refractivity contribution is -0.133. The molecule has 3 aromatic carbocycles. The minimum absolute atomic E-state index is 0.0870. The zero-order chi connectivity index (χ0) is 26.1. The molecule has 194 valence electrons. The van der Waals surface area contributed by atoms with Crippen LogP contribution in [0.15, 0.2) is 72.8 Å². The Morgan fingerprint density at radius 3 is 1.62 bits per heavy atom. The molecular weight excluding hydrogens is 472 g/mol. The molecule has 0 bridgehead atoms. The van der Waals surface area contributed by atoms with Crippen LogP contribution in [0.4, 0.5) is 0 Å². The van der Waals surface area contributed by atoms with Crippen LogP contribution in [-0.2, 0) is 4.74 Å². The van der Waals surface area contributed by atoms with Gasteiger partial charge in [0.1, 0.15) is 23.0 Å². The van der Waals surface area contributed by atoms with Crippen molar-refractivity contribution < 1.29 is 33.3 Å². The molecule has 0 aliphatic carbocycles. The van der Waals surface area contributed by atoms with Crippen molar-refractivity contribution in [2.45, 2.75) is 33.1 Å². The zero-order valence-corrected chi connectivity index (χ0v) is 21.2. The maximum absolute atomic E-state index is 12.5. The lowest BCUT2D eigenvalue weighted by Crippen LogP contribution is -2.46. The van der Waals surface area contributed by atoms with Crippen LogP contribution in [0.1, 0.15) is 53.8 Å². The summed E-state index contributed by atoms with van der Waals surface area (Å²) >= 11 is 0. The van der Waals surface area contributed by atoms with Crippen LogP contribution in [-0.4, -0.2) is 38.4 Å². The van der Waals surface area contributed by atoms with Crippen molar-refractivity contribution in [1.82, 2.24) is 0 Å². The number of esters is 2. The van der Waals surface area contributed by atoms with E-state index < -0.39 is 11.9 Å². The van der Waals surface area contributed by atoms with Gasteiger partial charge in [0, 0.05) is 0 Å². The largest absolute Gasteiger partial charge is 0.494 e. The molecule has 1 aliphatic rings. The van der Waals surface area contributed by atoms with Crippen molar-refractivity contribution in [3.63, 3.8) is 0 Å². The molecule has 0 saturated carbocycles. The Bertz CT molecular complexity index is 1160. The monoisotopic (exact) mass is 504 g/mol. The lowest BCUT2D eigenvalue weighted by atomic mass is 9.84. The van der Waals surface area contributed by atoms with E-state index in [-0.39, 0.29) is 5.41 Å². The standard InChI is InChI=1S/C30H32O7/c1-3-5-18-34-24-14-16-27(17-15-24)37-29(32)23-8-12-26(13-9-23)36-28(31)22-6-10-25(11-7-22)35-21-30(4-2)19-33-20-30/h6-17H,3-5,18-21H2,1-2H3. The Labute approximate surface area is 217 Å². The van der Waals surface area contributed by atoms with Gasteiger partial charge >= 0.3 is 11.9 Å². The number of hydrogen-bond donors (Lipinski definition) is 0. The van der Waals surface area contributed by atoms with Gasteiger partial charge in [-0.15, -0.1) is 0 Å². The van der Waals surface area contributed by atoms with Gasteiger partial charge in [0.2, 0.25) is 0 Å². The first-order valence-electron chi connectivity index (χ1n) is 12.6. The number of unbranched alkanes of at least 4 members (excludes halogenated alkanes) is 1. The second kappa shape index (κ2) is 12.4. The van der Waals surface area contributed by atoms with Gasteiger partial charge in [-0.3, -0.25) is 0 Å². The first-order chi connectivity index (χ1) is 18.0. The van der Waals surface area contributed by atoms with Crippen molar-refractivity contribution in [3.05, 3.63) is 83.9 Å². The van der Waals surface area contributed by atoms with Crippen molar-refractivity contribution in [1.29, 1.82) is 0 Å². The van der Waals surface area contributed by atoms with Gasteiger partial charge in [0.15, 0.2) is 0 Å². The van der Waals surface area contributed by atoms with E-state index in [1.165, 1.54) is 0 Å². The molecule has 7 heteroatoms. The van der Waals surface area contributed by atoms with E-state index in [0.29, 0.717) is 54.8 Å². The Morgan fingerprint density at radius 1 is 0.703 bits per heavy atom. The number of ether oxygens (including phenoxy) is 5. The number of hydrogen-bond acceptors (Lipinski definition) is 7. The molecule has 37 heavy (non-hydrogen) atoms. The van der Waals surface area contributed by atoms with Crippen LogP contribution in [0.3, 0.4) is 0 Å². The Hall–Kier alpha value is -3.84. The molecule has 4 rings (SSSR count). The molecular formula is C30H32O7. The Morgan fingerprint density at radius 2 is 1.16 bits per heavy atom. The molecule has 0 radical (unpaired) electrons. The molecule has 0 aromatic heterocycles. The molecule has 1 fully saturated rings. The first kappa shape index (κ1) is 26.2. The molecule has 0 spiro atoms. The summed E-state index contributed by atoms with van der Waals surface area (Å²) < 4.78 is 27.7. The summed E-state index contributed by atoms with van der Waals surface area (Å²) in [5, 5.41) is 0. The van der Waals surface area contributed by atoms with Crippen LogP contribution < -0.4 is 18.9 Å². The zero-order valence-electron chi connectivity index (χ0n) is 21.2. The summed E-state index contributed by atoms with van der Waals surface area (Å²) in [5.74, 6) is 1.16. The average molecular weight is 505 g/mol. The predicted molar refractivity (Wildman–Crippen MR) is 139 cm³/mol. The summed E-state index contributed by atoms with van der Waals surface area (Å²) in [5.41, 5.74) is 0.824. The molecule has 0 atom stereocenters. The Kier molecular flexibility index (Phi) is 8.80. The highest BCUT2D eigenvalue weighted by Gasteiger charge is 2.37. The maximum Gasteiger partial charge on any atom is 0.343 e. The highest BCUT2D eigenvalue weighted by atomic mass is 16.5. The fraction of sp³-hybridized carbons (Fsp3) is 0.333. The fourth-order valence-electron chi connectivity index (χ4n) is 3.63. The second-order valence-electron chi connectivity index (χ2n) is 9.14. The van der Waals surface area contributed by atoms with Crippen molar-refractivity contribution in [2.75, 3.05) is 26.4 Å². The average Bonchev–Trinajstić information content (AvgIpc) is 2.90. The van der Waals surface area contributed by atoms with E-state index >= 15 is 0 Å². The molecule has 0 amide bonds. The third-order valence-electron chi connectivity index (χ3n) is 6.30. The van der Waals surface area contributed by atoms with E-state index in [4.69, 9.17) is 23.7 Å². The minimum Gasteiger partial charge on any atom is -0.494 e. The molecule has 0 N–H and O–H groups in total. The van der Waals surface area contributed by atoms with Gasteiger partial charge in [-0.2, -0.15) is 0 Å². The maximum atomic E-state index is 12.5. The summed E-state index contributed by atoms with van der Waals surface area (Å²) in [6, 6.07) is 20.0. The third-order valence-corrected chi connectivity index (χ3v) is 6.30. The van der Waals surface area contributed by atoms with E-state index in [9.17, 15) is 9.59 Å². The fourth-order valence-corrected chi connectivity index (χ4v) is 3.63. The summed E-state index contributed by atoms with van der Waals surface area (Å²) in [4.78, 5) is 25.0. The number of benzene rings is 3. The minimum atomic E-state index is -0.508. The van der Waals surface area contributed by atoms with Crippen LogP contribution in [0.25, 0.3) is 0 Å². The topological polar surface area (TPSA) is 80.3 Å². The molecule has 3 aromatic rings. The van der Waals surface area contributed by atoms with Gasteiger partial charge in [-0.05, 0) is 85.6 Å².